The van der Waals surface area contributed by atoms with Crippen LogP contribution < -0.4 is 10.2 Å². The van der Waals surface area contributed by atoms with E-state index in [1.54, 1.807) is 10.3 Å². The van der Waals surface area contributed by atoms with E-state index in [4.69, 9.17) is 0 Å². The molecule has 0 saturated carbocycles. The summed E-state index contributed by atoms with van der Waals surface area (Å²) in [6.07, 6.45) is -3.13. The van der Waals surface area contributed by atoms with Crippen molar-refractivity contribution in [2.75, 3.05) is 16.8 Å². The van der Waals surface area contributed by atoms with E-state index >= 15 is 0 Å². The number of hydrogen-bond acceptors (Lipinski definition) is 4. The zero-order valence-electron chi connectivity index (χ0n) is 13.0. The van der Waals surface area contributed by atoms with Crippen molar-refractivity contribution < 1.29 is 22.8 Å². The van der Waals surface area contributed by atoms with E-state index in [-0.39, 0.29) is 23.9 Å². The number of aromatic nitrogens is 1. The highest BCUT2D eigenvalue weighted by Gasteiger charge is 2.30. The molecule has 0 aliphatic carbocycles. The molecule has 1 fully saturated rings. The molecule has 2 amide bonds. The summed E-state index contributed by atoms with van der Waals surface area (Å²) in [6.45, 7) is 0.629. The summed E-state index contributed by atoms with van der Waals surface area (Å²) in [5, 5.41) is 4.81. The molecule has 0 atom stereocenters. The molecular weight excluding hydrogens is 355 g/mol. The van der Waals surface area contributed by atoms with E-state index in [1.165, 1.54) is 23.5 Å². The van der Waals surface area contributed by atoms with Crippen LogP contribution in [-0.2, 0) is 22.2 Å². The Morgan fingerprint density at radius 3 is 2.60 bits per heavy atom. The molecule has 1 saturated heterocycles. The third-order valence-electron chi connectivity index (χ3n) is 3.68. The fourth-order valence-electron chi connectivity index (χ4n) is 2.46. The van der Waals surface area contributed by atoms with Gasteiger partial charge in [-0.25, -0.2) is 4.98 Å². The molecule has 0 spiro atoms. The maximum absolute atomic E-state index is 12.5. The summed E-state index contributed by atoms with van der Waals surface area (Å²) in [5.41, 5.74) is 0.0252. The number of amides is 2. The first-order chi connectivity index (χ1) is 11.8. The third-order valence-corrected chi connectivity index (χ3v) is 4.59. The number of alkyl halides is 3. The number of thiazole rings is 1. The van der Waals surface area contributed by atoms with Crippen LogP contribution in [0.2, 0.25) is 0 Å². The van der Waals surface area contributed by atoms with E-state index < -0.39 is 11.7 Å². The lowest BCUT2D eigenvalue weighted by molar-refractivity contribution is -0.137. The lowest BCUT2D eigenvalue weighted by Gasteiger charge is -2.10. The van der Waals surface area contributed by atoms with Crippen molar-refractivity contribution >= 4 is 34.0 Å². The van der Waals surface area contributed by atoms with Crippen LogP contribution in [0.4, 0.5) is 24.0 Å². The lowest BCUT2D eigenvalue weighted by atomic mass is 10.2. The number of nitrogens with one attached hydrogen (secondary N) is 1. The molecule has 1 aliphatic rings. The largest absolute Gasteiger partial charge is 0.416 e. The van der Waals surface area contributed by atoms with E-state index in [2.05, 4.69) is 10.3 Å². The van der Waals surface area contributed by atoms with Crippen LogP contribution in [0.15, 0.2) is 29.6 Å². The standard InChI is InChI=1S/C16H14F3N3O2S/c17-16(18,19)10-3-5-11(6-4-10)20-13(23)8-12-9-25-15(21-12)22-7-1-2-14(22)24/h3-6,9H,1-2,7-8H2,(H,20,23). The summed E-state index contributed by atoms with van der Waals surface area (Å²) in [7, 11) is 0. The van der Waals surface area contributed by atoms with Crippen molar-refractivity contribution in [2.45, 2.75) is 25.4 Å². The summed E-state index contributed by atoms with van der Waals surface area (Å²) in [5.74, 6) is -0.362. The number of anilines is 2. The van der Waals surface area contributed by atoms with Gasteiger partial charge in [-0.2, -0.15) is 13.2 Å². The zero-order chi connectivity index (χ0) is 18.0. The molecule has 1 aliphatic heterocycles. The molecule has 0 bridgehead atoms. The predicted molar refractivity (Wildman–Crippen MR) is 87.5 cm³/mol. The van der Waals surface area contributed by atoms with E-state index in [9.17, 15) is 22.8 Å². The van der Waals surface area contributed by atoms with Crippen molar-refractivity contribution in [1.82, 2.24) is 4.98 Å². The Morgan fingerprint density at radius 2 is 2.00 bits per heavy atom. The number of carbonyl (C=O) groups excluding carboxylic acids is 2. The molecule has 1 N–H and O–H groups in total. The predicted octanol–water partition coefficient (Wildman–Crippen LogP) is 3.47. The number of carbonyl (C=O) groups is 2. The third kappa shape index (κ3) is 4.16. The van der Waals surface area contributed by atoms with Crippen molar-refractivity contribution in [3.63, 3.8) is 0 Å². The van der Waals surface area contributed by atoms with Crippen LogP contribution in [0.1, 0.15) is 24.1 Å². The van der Waals surface area contributed by atoms with Crippen LogP contribution in [0.3, 0.4) is 0 Å². The number of nitrogens with zero attached hydrogens (tertiary/aromatic N) is 2. The first-order valence-corrected chi connectivity index (χ1v) is 8.43. The van der Waals surface area contributed by atoms with Gasteiger partial charge in [0.15, 0.2) is 5.13 Å². The van der Waals surface area contributed by atoms with Crippen LogP contribution in [0.5, 0.6) is 0 Å². The first kappa shape index (κ1) is 17.4. The van der Waals surface area contributed by atoms with E-state index in [0.29, 0.717) is 23.8 Å². The fraction of sp³-hybridized carbons (Fsp3) is 0.312. The molecule has 1 aromatic heterocycles. The van der Waals surface area contributed by atoms with E-state index in [1.807, 2.05) is 0 Å². The molecule has 5 nitrogen and oxygen atoms in total. The Labute approximate surface area is 145 Å². The summed E-state index contributed by atoms with van der Waals surface area (Å²) in [4.78, 5) is 29.6. The second kappa shape index (κ2) is 6.83. The highest BCUT2D eigenvalue weighted by molar-refractivity contribution is 7.14. The summed E-state index contributed by atoms with van der Waals surface area (Å²) < 4.78 is 37.5. The van der Waals surface area contributed by atoms with Gasteiger partial charge in [0.1, 0.15) is 0 Å². The molecule has 9 heteroatoms. The van der Waals surface area contributed by atoms with Crippen LogP contribution in [0.25, 0.3) is 0 Å². The van der Waals surface area contributed by atoms with Gasteiger partial charge in [0.05, 0.1) is 17.7 Å². The molecule has 25 heavy (non-hydrogen) atoms. The fourth-order valence-corrected chi connectivity index (χ4v) is 3.33. The maximum Gasteiger partial charge on any atom is 0.416 e. The average molecular weight is 369 g/mol. The smallest absolute Gasteiger partial charge is 0.326 e. The average Bonchev–Trinajstić information content (AvgIpc) is 3.15. The van der Waals surface area contributed by atoms with Gasteiger partial charge in [0, 0.05) is 24.0 Å². The van der Waals surface area contributed by atoms with E-state index in [0.717, 1.165) is 18.6 Å². The Hall–Kier alpha value is -2.42. The molecule has 2 heterocycles. The SMILES string of the molecule is O=C(Cc1csc(N2CCCC2=O)n1)Nc1ccc(C(F)(F)F)cc1. The van der Waals surface area contributed by atoms with Gasteiger partial charge in [-0.05, 0) is 30.7 Å². The molecular formula is C16H14F3N3O2S. The van der Waals surface area contributed by atoms with Gasteiger partial charge in [-0.15, -0.1) is 11.3 Å². The minimum Gasteiger partial charge on any atom is -0.326 e. The van der Waals surface area contributed by atoms with Crippen molar-refractivity contribution in [1.29, 1.82) is 0 Å². The topological polar surface area (TPSA) is 62.3 Å². The number of benzene rings is 1. The van der Waals surface area contributed by atoms with Crippen molar-refractivity contribution in [3.8, 4) is 0 Å². The van der Waals surface area contributed by atoms with Crippen LogP contribution >= 0.6 is 11.3 Å². The van der Waals surface area contributed by atoms with Crippen LogP contribution in [-0.4, -0.2) is 23.3 Å². The Balaban J connectivity index is 1.59. The molecule has 0 radical (unpaired) electrons. The zero-order valence-corrected chi connectivity index (χ0v) is 13.8. The molecule has 3 rings (SSSR count). The van der Waals surface area contributed by atoms with Gasteiger partial charge in [-0.3, -0.25) is 14.5 Å². The van der Waals surface area contributed by atoms with Crippen molar-refractivity contribution in [2.24, 2.45) is 0 Å². The van der Waals surface area contributed by atoms with Gasteiger partial charge in [0.25, 0.3) is 0 Å². The second-order valence-corrected chi connectivity index (χ2v) is 6.41. The van der Waals surface area contributed by atoms with Crippen LogP contribution in [0, 0.1) is 0 Å². The molecule has 1 aromatic carbocycles. The second-order valence-electron chi connectivity index (χ2n) is 5.57. The molecule has 2 aromatic rings. The number of halogens is 3. The van der Waals surface area contributed by atoms with Gasteiger partial charge in [-0.1, -0.05) is 0 Å². The minimum absolute atomic E-state index is 0.0143. The maximum atomic E-state index is 12.5. The van der Waals surface area contributed by atoms with Gasteiger partial charge < -0.3 is 5.32 Å². The minimum atomic E-state index is -4.41. The van der Waals surface area contributed by atoms with Gasteiger partial charge in [0.2, 0.25) is 11.8 Å². The first-order valence-electron chi connectivity index (χ1n) is 7.55. The van der Waals surface area contributed by atoms with Gasteiger partial charge >= 0.3 is 6.18 Å². The molecule has 0 unspecified atom stereocenters. The number of rotatable bonds is 4. The Bertz CT molecular complexity index is 787. The summed E-state index contributed by atoms with van der Waals surface area (Å²) >= 11 is 1.29. The Morgan fingerprint density at radius 1 is 1.28 bits per heavy atom. The normalized spacial score (nSPS) is 14.8. The molecule has 132 valence electrons. The highest BCUT2D eigenvalue weighted by atomic mass is 32.1. The summed E-state index contributed by atoms with van der Waals surface area (Å²) in [6, 6.07) is 4.23. The highest BCUT2D eigenvalue weighted by Crippen LogP contribution is 2.30. The Kier molecular flexibility index (Phi) is 4.76. The quantitative estimate of drug-likeness (QED) is 0.898. The number of hydrogen-bond donors (Lipinski definition) is 1. The monoisotopic (exact) mass is 369 g/mol. The lowest BCUT2D eigenvalue weighted by Crippen LogP contribution is -2.23. The van der Waals surface area contributed by atoms with Crippen molar-refractivity contribution in [3.05, 3.63) is 40.9 Å².